The lowest BCUT2D eigenvalue weighted by Gasteiger charge is -2.23. The minimum atomic E-state index is 0.599. The number of rotatable bonds is 3. The van der Waals surface area contributed by atoms with E-state index < -0.39 is 0 Å². The van der Waals surface area contributed by atoms with Gasteiger partial charge in [-0.3, -0.25) is 0 Å². The summed E-state index contributed by atoms with van der Waals surface area (Å²) in [5.74, 6) is 0.599. The van der Waals surface area contributed by atoms with Crippen LogP contribution >= 0.6 is 15.9 Å². The summed E-state index contributed by atoms with van der Waals surface area (Å²) in [6.45, 7) is 4.74. The number of anilines is 1. The summed E-state index contributed by atoms with van der Waals surface area (Å²) < 4.78 is 0. The van der Waals surface area contributed by atoms with E-state index >= 15 is 0 Å². The molecule has 0 amide bonds. The van der Waals surface area contributed by atoms with Crippen LogP contribution in [0.4, 0.5) is 5.69 Å². The summed E-state index contributed by atoms with van der Waals surface area (Å²) >= 11 is 3.58. The number of para-hydroxylation sites is 1. The molecule has 0 bridgehead atoms. The van der Waals surface area contributed by atoms with Gasteiger partial charge in [-0.25, -0.2) is 0 Å². The van der Waals surface area contributed by atoms with Crippen molar-refractivity contribution >= 4 is 21.6 Å². The molecule has 0 spiro atoms. The van der Waals surface area contributed by atoms with Crippen molar-refractivity contribution in [3.05, 3.63) is 29.8 Å². The molecule has 1 saturated heterocycles. The molecule has 2 heteroatoms. The molecule has 82 valence electrons. The molecule has 1 aromatic carbocycles. The standard InChI is InChI=1S/C13H18BrN/c1-11(10-14)12-6-2-3-7-13(12)15-8-4-5-9-15/h2-3,6-7,11H,4-5,8-10H2,1H3. The molecular weight excluding hydrogens is 250 g/mol. The van der Waals surface area contributed by atoms with Crippen molar-refractivity contribution in [2.75, 3.05) is 23.3 Å². The Kier molecular flexibility index (Phi) is 3.68. The molecule has 15 heavy (non-hydrogen) atoms. The van der Waals surface area contributed by atoms with Crippen LogP contribution in [0, 0.1) is 0 Å². The highest BCUT2D eigenvalue weighted by molar-refractivity contribution is 9.09. The lowest BCUT2D eigenvalue weighted by Crippen LogP contribution is -2.19. The van der Waals surface area contributed by atoms with Crippen molar-refractivity contribution in [3.63, 3.8) is 0 Å². The fraction of sp³-hybridized carbons (Fsp3) is 0.538. The van der Waals surface area contributed by atoms with Crippen molar-refractivity contribution in [3.8, 4) is 0 Å². The number of halogens is 1. The van der Waals surface area contributed by atoms with Crippen molar-refractivity contribution in [2.45, 2.75) is 25.7 Å². The second-order valence-corrected chi connectivity index (χ2v) is 4.96. The quantitative estimate of drug-likeness (QED) is 0.754. The number of nitrogens with zero attached hydrogens (tertiary/aromatic N) is 1. The average molecular weight is 268 g/mol. The van der Waals surface area contributed by atoms with Gasteiger partial charge >= 0.3 is 0 Å². The SMILES string of the molecule is CC(CBr)c1ccccc1N1CCCC1. The van der Waals surface area contributed by atoms with Crippen molar-refractivity contribution < 1.29 is 0 Å². The zero-order valence-electron chi connectivity index (χ0n) is 9.25. The van der Waals surface area contributed by atoms with Gasteiger partial charge in [0.15, 0.2) is 0 Å². The first-order valence-electron chi connectivity index (χ1n) is 5.72. The molecule has 1 aliphatic heterocycles. The Hall–Kier alpha value is -0.500. The molecule has 1 atom stereocenters. The second kappa shape index (κ2) is 5.02. The Balaban J connectivity index is 2.28. The highest BCUT2D eigenvalue weighted by Crippen LogP contribution is 2.30. The van der Waals surface area contributed by atoms with E-state index in [4.69, 9.17) is 0 Å². The summed E-state index contributed by atoms with van der Waals surface area (Å²) in [4.78, 5) is 2.52. The van der Waals surface area contributed by atoms with Gasteiger partial charge in [-0.1, -0.05) is 41.1 Å². The van der Waals surface area contributed by atoms with Gasteiger partial charge in [-0.05, 0) is 30.4 Å². The third-order valence-corrected chi connectivity index (χ3v) is 4.12. The van der Waals surface area contributed by atoms with E-state index in [1.165, 1.54) is 37.2 Å². The van der Waals surface area contributed by atoms with Crippen LogP contribution in [0.25, 0.3) is 0 Å². The Morgan fingerprint density at radius 2 is 1.93 bits per heavy atom. The summed E-state index contributed by atoms with van der Waals surface area (Å²) in [6, 6.07) is 8.82. The normalized spacial score (nSPS) is 18.1. The predicted molar refractivity (Wildman–Crippen MR) is 70.1 cm³/mol. The topological polar surface area (TPSA) is 3.24 Å². The third kappa shape index (κ3) is 2.36. The lowest BCUT2D eigenvalue weighted by atomic mass is 10.0. The summed E-state index contributed by atoms with van der Waals surface area (Å²) in [7, 11) is 0. The first-order valence-corrected chi connectivity index (χ1v) is 6.85. The Bertz CT molecular complexity index is 318. The minimum Gasteiger partial charge on any atom is -0.371 e. The van der Waals surface area contributed by atoms with Gasteiger partial charge in [-0.15, -0.1) is 0 Å². The fourth-order valence-corrected chi connectivity index (χ4v) is 2.58. The van der Waals surface area contributed by atoms with E-state index in [9.17, 15) is 0 Å². The molecule has 0 aliphatic carbocycles. The number of hydrogen-bond acceptors (Lipinski definition) is 1. The highest BCUT2D eigenvalue weighted by Gasteiger charge is 2.17. The van der Waals surface area contributed by atoms with Crippen LogP contribution in [0.3, 0.4) is 0 Å². The Labute approximate surface area is 101 Å². The maximum Gasteiger partial charge on any atom is 0.0401 e. The molecule has 1 heterocycles. The maximum atomic E-state index is 3.58. The van der Waals surface area contributed by atoms with E-state index in [-0.39, 0.29) is 0 Å². The molecular formula is C13H18BrN. The zero-order chi connectivity index (χ0) is 10.7. The van der Waals surface area contributed by atoms with E-state index in [1.54, 1.807) is 0 Å². The summed E-state index contributed by atoms with van der Waals surface area (Å²) in [5, 5.41) is 1.04. The van der Waals surface area contributed by atoms with Crippen molar-refractivity contribution in [1.82, 2.24) is 0 Å². The molecule has 2 rings (SSSR count). The van der Waals surface area contributed by atoms with Gasteiger partial charge in [0.2, 0.25) is 0 Å². The predicted octanol–water partition coefficient (Wildman–Crippen LogP) is 3.79. The van der Waals surface area contributed by atoms with Gasteiger partial charge in [0, 0.05) is 24.1 Å². The number of hydrogen-bond donors (Lipinski definition) is 0. The lowest BCUT2D eigenvalue weighted by molar-refractivity contribution is 0.861. The minimum absolute atomic E-state index is 0.599. The second-order valence-electron chi connectivity index (χ2n) is 4.31. The molecule has 1 aliphatic rings. The zero-order valence-corrected chi connectivity index (χ0v) is 10.8. The fourth-order valence-electron chi connectivity index (χ4n) is 2.23. The van der Waals surface area contributed by atoms with E-state index in [0.717, 1.165) is 5.33 Å². The first kappa shape index (κ1) is 11.0. The molecule has 1 aromatic rings. The monoisotopic (exact) mass is 267 g/mol. The molecule has 0 saturated carbocycles. The van der Waals surface area contributed by atoms with Crippen LogP contribution in [-0.4, -0.2) is 18.4 Å². The highest BCUT2D eigenvalue weighted by atomic mass is 79.9. The van der Waals surface area contributed by atoms with Crippen molar-refractivity contribution in [2.24, 2.45) is 0 Å². The average Bonchev–Trinajstić information content (AvgIpc) is 2.81. The molecule has 0 aromatic heterocycles. The molecule has 0 radical (unpaired) electrons. The number of benzene rings is 1. The van der Waals surface area contributed by atoms with Crippen LogP contribution in [0.2, 0.25) is 0 Å². The number of alkyl halides is 1. The Morgan fingerprint density at radius 1 is 1.27 bits per heavy atom. The molecule has 0 N–H and O–H groups in total. The van der Waals surface area contributed by atoms with Crippen LogP contribution in [0.1, 0.15) is 31.2 Å². The summed E-state index contributed by atoms with van der Waals surface area (Å²) in [6.07, 6.45) is 2.69. The van der Waals surface area contributed by atoms with E-state index in [1.807, 2.05) is 0 Å². The van der Waals surface area contributed by atoms with Crippen LogP contribution in [-0.2, 0) is 0 Å². The van der Waals surface area contributed by atoms with Gasteiger partial charge in [0.25, 0.3) is 0 Å². The van der Waals surface area contributed by atoms with Gasteiger partial charge < -0.3 is 4.90 Å². The van der Waals surface area contributed by atoms with Crippen molar-refractivity contribution in [1.29, 1.82) is 0 Å². The summed E-state index contributed by atoms with van der Waals surface area (Å²) in [5.41, 5.74) is 2.93. The van der Waals surface area contributed by atoms with Gasteiger partial charge in [0.05, 0.1) is 0 Å². The van der Waals surface area contributed by atoms with Crippen LogP contribution < -0.4 is 4.90 Å². The first-order chi connectivity index (χ1) is 7.33. The van der Waals surface area contributed by atoms with E-state index in [2.05, 4.69) is 52.0 Å². The largest absolute Gasteiger partial charge is 0.371 e. The van der Waals surface area contributed by atoms with Crippen LogP contribution in [0.5, 0.6) is 0 Å². The maximum absolute atomic E-state index is 3.58. The smallest absolute Gasteiger partial charge is 0.0401 e. The van der Waals surface area contributed by atoms with Gasteiger partial charge in [0.1, 0.15) is 0 Å². The Morgan fingerprint density at radius 3 is 2.60 bits per heavy atom. The van der Waals surface area contributed by atoms with Crippen LogP contribution in [0.15, 0.2) is 24.3 Å². The van der Waals surface area contributed by atoms with Gasteiger partial charge in [-0.2, -0.15) is 0 Å². The molecule has 1 nitrogen and oxygen atoms in total. The van der Waals surface area contributed by atoms with E-state index in [0.29, 0.717) is 5.92 Å². The molecule has 1 unspecified atom stereocenters. The third-order valence-electron chi connectivity index (χ3n) is 3.15. The molecule has 1 fully saturated rings.